The molecule has 12 heavy (non-hydrogen) atoms. The van der Waals surface area contributed by atoms with Crippen LogP contribution in [-0.2, 0) is 0 Å². The Morgan fingerprint density at radius 3 is 2.08 bits per heavy atom. The van der Waals surface area contributed by atoms with Crippen LogP contribution in [0.4, 0.5) is 0 Å². The maximum atomic E-state index is 6.05. The van der Waals surface area contributed by atoms with Crippen LogP contribution in [0.2, 0.25) is 0 Å². The third kappa shape index (κ3) is 3.91. The summed E-state index contributed by atoms with van der Waals surface area (Å²) >= 11 is 0. The highest BCUT2D eigenvalue weighted by Crippen LogP contribution is 2.17. The molecule has 0 saturated heterocycles. The molecule has 1 unspecified atom stereocenters. The van der Waals surface area contributed by atoms with Crippen molar-refractivity contribution in [3.8, 4) is 0 Å². The summed E-state index contributed by atoms with van der Waals surface area (Å²) in [5.74, 6) is 0.674. The minimum Gasteiger partial charge on any atom is -0.327 e. The summed E-state index contributed by atoms with van der Waals surface area (Å²) in [7, 11) is 0. The van der Waals surface area contributed by atoms with Crippen molar-refractivity contribution in [2.75, 3.05) is 0 Å². The number of hydrogen-bond donors (Lipinski definition) is 1. The molecular weight excluding hydrogens is 146 g/mol. The molecule has 0 radical (unpaired) electrons. The van der Waals surface area contributed by atoms with Gasteiger partial charge in [0.25, 0.3) is 0 Å². The summed E-state index contributed by atoms with van der Waals surface area (Å²) in [4.78, 5) is 0. The first-order valence-electron chi connectivity index (χ1n) is 5.07. The summed E-state index contributed by atoms with van der Waals surface area (Å²) in [5.41, 5.74) is 7.34. The minimum atomic E-state index is 0.326. The molecule has 0 aliphatic carbocycles. The van der Waals surface area contributed by atoms with Gasteiger partial charge < -0.3 is 5.73 Å². The van der Waals surface area contributed by atoms with Crippen LogP contribution in [0.25, 0.3) is 0 Å². The molecule has 0 aliphatic rings. The van der Waals surface area contributed by atoms with E-state index in [0.29, 0.717) is 12.0 Å². The third-order valence-corrected chi connectivity index (χ3v) is 2.68. The lowest BCUT2D eigenvalue weighted by molar-refractivity contribution is 0.391. The Labute approximate surface area is 77.0 Å². The fraction of sp³-hybridized carbons (Fsp3) is 0.818. The van der Waals surface area contributed by atoms with Crippen molar-refractivity contribution < 1.29 is 0 Å². The summed E-state index contributed by atoms with van der Waals surface area (Å²) in [6.45, 7) is 10.5. The molecule has 2 N–H and O–H groups in total. The van der Waals surface area contributed by atoms with Gasteiger partial charge in [-0.3, -0.25) is 0 Å². The molecule has 0 aromatic heterocycles. The van der Waals surface area contributed by atoms with Gasteiger partial charge in [-0.2, -0.15) is 0 Å². The topological polar surface area (TPSA) is 26.0 Å². The van der Waals surface area contributed by atoms with Gasteiger partial charge in [-0.05, 0) is 18.8 Å². The van der Waals surface area contributed by atoms with Crippen molar-refractivity contribution in [2.24, 2.45) is 11.7 Å². The Balaban J connectivity index is 3.83. The molecule has 0 fully saturated rings. The third-order valence-electron chi connectivity index (χ3n) is 2.68. The Morgan fingerprint density at radius 1 is 1.25 bits per heavy atom. The van der Waals surface area contributed by atoms with Gasteiger partial charge in [-0.25, -0.2) is 0 Å². The summed E-state index contributed by atoms with van der Waals surface area (Å²) in [5, 5.41) is 0. The first-order valence-corrected chi connectivity index (χ1v) is 5.07. The molecule has 0 saturated carbocycles. The lowest BCUT2D eigenvalue weighted by atomic mass is 9.90. The molecule has 0 heterocycles. The highest BCUT2D eigenvalue weighted by Gasteiger charge is 2.13. The maximum absolute atomic E-state index is 6.05. The molecule has 0 amide bonds. The van der Waals surface area contributed by atoms with Crippen LogP contribution in [0.1, 0.15) is 46.5 Å². The van der Waals surface area contributed by atoms with Crippen molar-refractivity contribution >= 4 is 0 Å². The average molecular weight is 169 g/mol. The van der Waals surface area contributed by atoms with Crippen molar-refractivity contribution in [3.05, 3.63) is 12.2 Å². The average Bonchev–Trinajstić information content (AvgIpc) is 2.06. The van der Waals surface area contributed by atoms with Gasteiger partial charge in [-0.1, -0.05) is 45.8 Å². The van der Waals surface area contributed by atoms with Crippen LogP contribution in [-0.4, -0.2) is 6.04 Å². The Morgan fingerprint density at radius 2 is 1.75 bits per heavy atom. The summed E-state index contributed by atoms with van der Waals surface area (Å²) in [6.07, 6.45) is 4.44. The second kappa shape index (κ2) is 6.24. The molecule has 1 heteroatoms. The Kier molecular flexibility index (Phi) is 6.09. The van der Waals surface area contributed by atoms with Crippen LogP contribution in [0.5, 0.6) is 0 Å². The number of nitrogens with two attached hydrogens (primary N) is 1. The number of rotatable bonds is 6. The van der Waals surface area contributed by atoms with E-state index in [2.05, 4.69) is 27.4 Å². The fourth-order valence-corrected chi connectivity index (χ4v) is 1.54. The zero-order valence-electron chi connectivity index (χ0n) is 8.77. The molecule has 72 valence electrons. The van der Waals surface area contributed by atoms with Gasteiger partial charge in [0.2, 0.25) is 0 Å². The first-order chi connectivity index (χ1) is 5.65. The van der Waals surface area contributed by atoms with Gasteiger partial charge in [0.1, 0.15) is 0 Å². The van der Waals surface area contributed by atoms with Crippen molar-refractivity contribution in [2.45, 2.75) is 52.5 Å². The SMILES string of the molecule is C=C(CC)CC(N)C(CC)CC. The van der Waals surface area contributed by atoms with E-state index < -0.39 is 0 Å². The first kappa shape index (κ1) is 11.7. The van der Waals surface area contributed by atoms with Crippen molar-refractivity contribution in [1.29, 1.82) is 0 Å². The van der Waals surface area contributed by atoms with Gasteiger partial charge >= 0.3 is 0 Å². The minimum absolute atomic E-state index is 0.326. The predicted molar refractivity (Wildman–Crippen MR) is 56.1 cm³/mol. The Bertz CT molecular complexity index is 125. The predicted octanol–water partition coefficient (Wildman–Crippen LogP) is 3.11. The van der Waals surface area contributed by atoms with E-state index in [4.69, 9.17) is 5.73 Å². The monoisotopic (exact) mass is 169 g/mol. The molecule has 1 nitrogen and oxygen atoms in total. The molecule has 1 atom stereocenters. The molecule has 0 bridgehead atoms. The molecule has 0 aromatic carbocycles. The van der Waals surface area contributed by atoms with E-state index in [-0.39, 0.29) is 0 Å². The second-order valence-corrected chi connectivity index (χ2v) is 3.55. The highest BCUT2D eigenvalue weighted by atomic mass is 14.6. The zero-order valence-corrected chi connectivity index (χ0v) is 8.77. The second-order valence-electron chi connectivity index (χ2n) is 3.55. The van der Waals surface area contributed by atoms with Crippen molar-refractivity contribution in [3.63, 3.8) is 0 Å². The summed E-state index contributed by atoms with van der Waals surface area (Å²) < 4.78 is 0. The van der Waals surface area contributed by atoms with E-state index in [1.165, 1.54) is 18.4 Å². The quantitative estimate of drug-likeness (QED) is 0.607. The fourth-order valence-electron chi connectivity index (χ4n) is 1.54. The standard InChI is InChI=1S/C11H23N/c1-5-9(4)8-11(12)10(6-2)7-3/h10-11H,4-8,12H2,1-3H3. The molecule has 0 aromatic rings. The van der Waals surface area contributed by atoms with E-state index >= 15 is 0 Å². The van der Waals surface area contributed by atoms with Gasteiger partial charge in [0, 0.05) is 6.04 Å². The maximum Gasteiger partial charge on any atom is 0.0104 e. The van der Waals surface area contributed by atoms with E-state index in [0.717, 1.165) is 12.8 Å². The smallest absolute Gasteiger partial charge is 0.0104 e. The van der Waals surface area contributed by atoms with Gasteiger partial charge in [0.15, 0.2) is 0 Å². The van der Waals surface area contributed by atoms with E-state index in [9.17, 15) is 0 Å². The molecular formula is C11H23N. The lowest BCUT2D eigenvalue weighted by Gasteiger charge is -2.21. The van der Waals surface area contributed by atoms with E-state index in [1.807, 2.05) is 0 Å². The largest absolute Gasteiger partial charge is 0.327 e. The van der Waals surface area contributed by atoms with Crippen LogP contribution in [0.15, 0.2) is 12.2 Å². The normalized spacial score (nSPS) is 13.4. The van der Waals surface area contributed by atoms with Gasteiger partial charge in [0.05, 0.1) is 0 Å². The van der Waals surface area contributed by atoms with Crippen LogP contribution in [0, 0.1) is 5.92 Å². The van der Waals surface area contributed by atoms with Crippen LogP contribution >= 0.6 is 0 Å². The van der Waals surface area contributed by atoms with E-state index in [1.54, 1.807) is 0 Å². The number of hydrogen-bond acceptors (Lipinski definition) is 1. The zero-order chi connectivity index (χ0) is 9.56. The molecule has 0 spiro atoms. The van der Waals surface area contributed by atoms with Crippen molar-refractivity contribution in [1.82, 2.24) is 0 Å². The molecule has 0 aliphatic heterocycles. The molecule has 0 rings (SSSR count). The summed E-state index contributed by atoms with van der Waals surface area (Å²) in [6, 6.07) is 0.326. The van der Waals surface area contributed by atoms with Crippen LogP contribution < -0.4 is 5.73 Å². The van der Waals surface area contributed by atoms with Crippen LogP contribution in [0.3, 0.4) is 0 Å². The van der Waals surface area contributed by atoms with Gasteiger partial charge in [-0.15, -0.1) is 0 Å². The Hall–Kier alpha value is -0.300. The highest BCUT2D eigenvalue weighted by molar-refractivity contribution is 4.96. The lowest BCUT2D eigenvalue weighted by Crippen LogP contribution is -2.29.